The zero-order valence-electron chi connectivity index (χ0n) is 10.3. The number of carbonyl (C=O) groups excluding carboxylic acids is 1. The predicted octanol–water partition coefficient (Wildman–Crippen LogP) is 3.73. The summed E-state index contributed by atoms with van der Waals surface area (Å²) in [6.45, 7) is 3.81. The number of hydrogen-bond donors (Lipinski definition) is 0. The molecule has 0 N–H and O–H groups in total. The van der Waals surface area contributed by atoms with Crippen molar-refractivity contribution < 1.29 is 4.79 Å². The molecule has 0 saturated heterocycles. The minimum atomic E-state index is -0.164. The zero-order valence-corrected chi connectivity index (χ0v) is 11.8. The van der Waals surface area contributed by atoms with Gasteiger partial charge >= 0.3 is 0 Å². The number of carbonyl (C=O) groups is 1. The van der Waals surface area contributed by atoms with Gasteiger partial charge in [0.2, 0.25) is 5.91 Å². The van der Waals surface area contributed by atoms with Crippen molar-refractivity contribution in [2.24, 2.45) is 5.92 Å². The van der Waals surface area contributed by atoms with Gasteiger partial charge in [-0.2, -0.15) is 0 Å². The lowest BCUT2D eigenvalue weighted by Gasteiger charge is -2.27. The van der Waals surface area contributed by atoms with Crippen molar-refractivity contribution in [3.63, 3.8) is 0 Å². The van der Waals surface area contributed by atoms with E-state index in [1.807, 2.05) is 38.1 Å². The number of benzene rings is 1. The predicted molar refractivity (Wildman–Crippen MR) is 72.5 cm³/mol. The number of hydrogen-bond acceptors (Lipinski definition) is 1. The second kappa shape index (κ2) is 6.27. The third-order valence-corrected chi connectivity index (χ3v) is 3.61. The van der Waals surface area contributed by atoms with Crippen molar-refractivity contribution in [1.29, 1.82) is 0 Å². The van der Waals surface area contributed by atoms with Crippen LogP contribution >= 0.6 is 23.2 Å². The number of halogens is 2. The van der Waals surface area contributed by atoms with Crippen molar-refractivity contribution in [3.8, 4) is 0 Å². The van der Waals surface area contributed by atoms with Crippen molar-refractivity contribution >= 4 is 29.1 Å². The van der Waals surface area contributed by atoms with Crippen molar-refractivity contribution in [2.45, 2.75) is 19.9 Å². The molecule has 2 atom stereocenters. The molecule has 0 bridgehead atoms. The highest BCUT2D eigenvalue weighted by atomic mass is 35.5. The van der Waals surface area contributed by atoms with Crippen LogP contribution in [0.5, 0.6) is 0 Å². The number of nitrogens with zero attached hydrogens (tertiary/aromatic N) is 1. The lowest BCUT2D eigenvalue weighted by atomic mass is 10.1. The molecule has 1 aromatic carbocycles. The van der Waals surface area contributed by atoms with Gasteiger partial charge < -0.3 is 4.90 Å². The molecule has 94 valence electrons. The summed E-state index contributed by atoms with van der Waals surface area (Å²) < 4.78 is 0. The maximum atomic E-state index is 12.0. The fourth-order valence-electron chi connectivity index (χ4n) is 1.59. The molecule has 4 heteroatoms. The maximum absolute atomic E-state index is 12.0. The van der Waals surface area contributed by atoms with Crippen LogP contribution in [0, 0.1) is 5.92 Å². The summed E-state index contributed by atoms with van der Waals surface area (Å²) in [7, 11) is 1.79. The van der Waals surface area contributed by atoms with E-state index in [4.69, 9.17) is 23.2 Å². The van der Waals surface area contributed by atoms with Crippen molar-refractivity contribution in [1.82, 2.24) is 4.90 Å². The Hall–Kier alpha value is -0.730. The van der Waals surface area contributed by atoms with E-state index in [0.717, 1.165) is 5.56 Å². The molecule has 0 aliphatic rings. The molecule has 0 aromatic heterocycles. The first-order chi connectivity index (χ1) is 7.97. The molecular formula is C13H17Cl2NO. The largest absolute Gasteiger partial charge is 0.339 e. The molecule has 0 spiro atoms. The molecule has 17 heavy (non-hydrogen) atoms. The van der Waals surface area contributed by atoms with Crippen molar-refractivity contribution in [3.05, 3.63) is 34.9 Å². The molecule has 0 heterocycles. The van der Waals surface area contributed by atoms with Crippen LogP contribution in [0.15, 0.2) is 24.3 Å². The minimum Gasteiger partial charge on any atom is -0.339 e. The Labute approximate surface area is 113 Å². The van der Waals surface area contributed by atoms with E-state index in [2.05, 4.69) is 0 Å². The third kappa shape index (κ3) is 3.62. The van der Waals surface area contributed by atoms with Gasteiger partial charge in [0.15, 0.2) is 0 Å². The van der Waals surface area contributed by atoms with Crippen LogP contribution in [0.2, 0.25) is 5.02 Å². The van der Waals surface area contributed by atoms with Crippen LogP contribution in [0.25, 0.3) is 0 Å². The van der Waals surface area contributed by atoms with Crippen LogP contribution in [0.1, 0.15) is 25.5 Å². The van der Waals surface area contributed by atoms with E-state index in [1.54, 1.807) is 11.9 Å². The molecule has 2 nitrogen and oxygen atoms in total. The SMILES string of the molecule is CC(CCl)C(=O)N(C)C(C)c1cccc(Cl)c1. The molecule has 0 fully saturated rings. The number of alkyl halides is 1. The molecule has 1 rings (SSSR count). The van der Waals surface area contributed by atoms with Gasteiger partial charge in [-0.1, -0.05) is 30.7 Å². The Balaban J connectivity index is 2.82. The van der Waals surface area contributed by atoms with E-state index in [0.29, 0.717) is 10.9 Å². The molecular weight excluding hydrogens is 257 g/mol. The minimum absolute atomic E-state index is 0.00753. The van der Waals surface area contributed by atoms with Gasteiger partial charge in [0.1, 0.15) is 0 Å². The first-order valence-corrected chi connectivity index (χ1v) is 6.46. The van der Waals surface area contributed by atoms with Gasteiger partial charge in [-0.3, -0.25) is 4.79 Å². The summed E-state index contributed by atoms with van der Waals surface area (Å²) in [5.74, 6) is 0.224. The second-order valence-electron chi connectivity index (χ2n) is 4.24. The van der Waals surface area contributed by atoms with Crippen LogP contribution in [0.3, 0.4) is 0 Å². The topological polar surface area (TPSA) is 20.3 Å². The Bertz CT molecular complexity index is 395. The average molecular weight is 274 g/mol. The van der Waals surface area contributed by atoms with Gasteiger partial charge in [-0.05, 0) is 24.6 Å². The summed E-state index contributed by atoms with van der Waals surface area (Å²) >= 11 is 11.6. The first kappa shape index (κ1) is 14.3. The Morgan fingerprint density at radius 3 is 2.59 bits per heavy atom. The number of amides is 1. The molecule has 0 aliphatic carbocycles. The van der Waals surface area contributed by atoms with Gasteiger partial charge in [0, 0.05) is 23.9 Å². The summed E-state index contributed by atoms with van der Waals surface area (Å²) in [4.78, 5) is 13.7. The smallest absolute Gasteiger partial charge is 0.226 e. The molecule has 1 amide bonds. The lowest BCUT2D eigenvalue weighted by Crippen LogP contribution is -2.34. The zero-order chi connectivity index (χ0) is 13.0. The van der Waals surface area contributed by atoms with E-state index >= 15 is 0 Å². The Morgan fingerprint density at radius 2 is 2.06 bits per heavy atom. The first-order valence-electron chi connectivity index (χ1n) is 5.55. The lowest BCUT2D eigenvalue weighted by molar-refractivity contribution is -0.134. The molecule has 0 radical (unpaired) electrons. The van der Waals surface area contributed by atoms with E-state index in [1.165, 1.54) is 0 Å². The van der Waals surface area contributed by atoms with E-state index in [9.17, 15) is 4.79 Å². The number of rotatable bonds is 4. The maximum Gasteiger partial charge on any atom is 0.226 e. The highest BCUT2D eigenvalue weighted by Gasteiger charge is 2.21. The average Bonchev–Trinajstić information content (AvgIpc) is 2.35. The Morgan fingerprint density at radius 1 is 1.41 bits per heavy atom. The molecule has 0 saturated carbocycles. The summed E-state index contributed by atoms with van der Waals surface area (Å²) in [5.41, 5.74) is 1.02. The monoisotopic (exact) mass is 273 g/mol. The van der Waals surface area contributed by atoms with Crippen molar-refractivity contribution in [2.75, 3.05) is 12.9 Å². The third-order valence-electron chi connectivity index (χ3n) is 2.91. The highest BCUT2D eigenvalue weighted by Crippen LogP contribution is 2.23. The van der Waals surface area contributed by atoms with Crippen LogP contribution in [0.4, 0.5) is 0 Å². The van der Waals surface area contributed by atoms with Crippen LogP contribution < -0.4 is 0 Å². The highest BCUT2D eigenvalue weighted by molar-refractivity contribution is 6.30. The van der Waals surface area contributed by atoms with Gasteiger partial charge in [-0.15, -0.1) is 11.6 Å². The van der Waals surface area contributed by atoms with Crippen LogP contribution in [-0.4, -0.2) is 23.7 Å². The van der Waals surface area contributed by atoms with Crippen LogP contribution in [-0.2, 0) is 4.79 Å². The Kier molecular flexibility index (Phi) is 5.29. The second-order valence-corrected chi connectivity index (χ2v) is 4.98. The quantitative estimate of drug-likeness (QED) is 0.766. The normalized spacial score (nSPS) is 14.2. The summed E-state index contributed by atoms with van der Waals surface area (Å²) in [6, 6.07) is 7.54. The van der Waals surface area contributed by atoms with E-state index < -0.39 is 0 Å². The standard InChI is InChI=1S/C13H17Cl2NO/c1-9(8-14)13(17)16(3)10(2)11-5-4-6-12(15)7-11/h4-7,9-10H,8H2,1-3H3. The van der Waals surface area contributed by atoms with Gasteiger partial charge in [0.25, 0.3) is 0 Å². The van der Waals surface area contributed by atoms with Gasteiger partial charge in [0.05, 0.1) is 6.04 Å². The van der Waals surface area contributed by atoms with E-state index in [-0.39, 0.29) is 17.9 Å². The van der Waals surface area contributed by atoms with Gasteiger partial charge in [-0.25, -0.2) is 0 Å². The summed E-state index contributed by atoms with van der Waals surface area (Å²) in [6.07, 6.45) is 0. The molecule has 2 unspecified atom stereocenters. The fraction of sp³-hybridized carbons (Fsp3) is 0.462. The molecule has 1 aromatic rings. The molecule has 0 aliphatic heterocycles. The fourth-order valence-corrected chi connectivity index (χ4v) is 1.93. The summed E-state index contributed by atoms with van der Waals surface area (Å²) in [5, 5.41) is 0.681.